The molecule has 0 spiro atoms. The van der Waals surface area contributed by atoms with Crippen molar-refractivity contribution in [2.75, 3.05) is 19.6 Å². The van der Waals surface area contributed by atoms with E-state index >= 15 is 0 Å². The average molecular weight is 255 g/mol. The molecule has 1 fully saturated rings. The quantitative estimate of drug-likeness (QED) is 0.870. The van der Waals surface area contributed by atoms with Gasteiger partial charge in [0.25, 0.3) is 0 Å². The highest BCUT2D eigenvalue weighted by Crippen LogP contribution is 2.25. The molecule has 1 aromatic carbocycles. The molecular formula is C13H19ClN2O. The van der Waals surface area contributed by atoms with Gasteiger partial charge in [-0.05, 0) is 49.5 Å². The maximum absolute atomic E-state index is 9.37. The summed E-state index contributed by atoms with van der Waals surface area (Å²) in [4.78, 5) is 2.41. The SMILES string of the molecule is NCC1CCCN(Cc2ccc(O)c(Cl)c2)C1. The number of aromatic hydroxyl groups is 1. The van der Waals surface area contributed by atoms with E-state index in [9.17, 15) is 5.11 Å². The predicted molar refractivity (Wildman–Crippen MR) is 70.2 cm³/mol. The van der Waals surface area contributed by atoms with Crippen molar-refractivity contribution < 1.29 is 5.11 Å². The second kappa shape index (κ2) is 5.71. The van der Waals surface area contributed by atoms with Crippen LogP contribution in [0.25, 0.3) is 0 Å². The highest BCUT2D eigenvalue weighted by molar-refractivity contribution is 6.32. The Hall–Kier alpha value is -0.770. The summed E-state index contributed by atoms with van der Waals surface area (Å²) in [6.07, 6.45) is 2.46. The fourth-order valence-electron chi connectivity index (χ4n) is 2.39. The molecule has 3 N–H and O–H groups in total. The molecule has 3 nitrogen and oxygen atoms in total. The van der Waals surface area contributed by atoms with Crippen LogP contribution in [0.4, 0.5) is 0 Å². The Morgan fingerprint density at radius 2 is 2.29 bits per heavy atom. The van der Waals surface area contributed by atoms with Crippen molar-refractivity contribution in [3.05, 3.63) is 28.8 Å². The van der Waals surface area contributed by atoms with E-state index in [1.54, 1.807) is 6.07 Å². The summed E-state index contributed by atoms with van der Waals surface area (Å²) >= 11 is 5.90. The van der Waals surface area contributed by atoms with Gasteiger partial charge in [-0.2, -0.15) is 0 Å². The third-order valence-corrected chi connectivity index (χ3v) is 3.66. The van der Waals surface area contributed by atoms with Crippen molar-refractivity contribution >= 4 is 11.6 Å². The van der Waals surface area contributed by atoms with Gasteiger partial charge >= 0.3 is 0 Å². The third kappa shape index (κ3) is 3.35. The summed E-state index contributed by atoms with van der Waals surface area (Å²) in [5, 5.41) is 9.79. The number of rotatable bonds is 3. The lowest BCUT2D eigenvalue weighted by atomic mass is 9.98. The molecular weight excluding hydrogens is 236 g/mol. The van der Waals surface area contributed by atoms with Crippen LogP contribution in [-0.2, 0) is 6.54 Å². The van der Waals surface area contributed by atoms with E-state index in [4.69, 9.17) is 17.3 Å². The van der Waals surface area contributed by atoms with Gasteiger partial charge in [0.2, 0.25) is 0 Å². The molecule has 1 unspecified atom stereocenters. The van der Waals surface area contributed by atoms with E-state index in [0.29, 0.717) is 10.9 Å². The number of benzene rings is 1. The summed E-state index contributed by atoms with van der Waals surface area (Å²) < 4.78 is 0. The largest absolute Gasteiger partial charge is 0.506 e. The van der Waals surface area contributed by atoms with Gasteiger partial charge in [0, 0.05) is 13.1 Å². The molecule has 1 saturated heterocycles. The lowest BCUT2D eigenvalue weighted by Gasteiger charge is -2.32. The smallest absolute Gasteiger partial charge is 0.134 e. The number of nitrogens with zero attached hydrogens (tertiary/aromatic N) is 1. The van der Waals surface area contributed by atoms with Gasteiger partial charge in [-0.3, -0.25) is 4.90 Å². The van der Waals surface area contributed by atoms with Crippen molar-refractivity contribution in [1.82, 2.24) is 4.90 Å². The van der Waals surface area contributed by atoms with Crippen molar-refractivity contribution in [3.63, 3.8) is 0 Å². The first-order valence-corrected chi connectivity index (χ1v) is 6.46. The summed E-state index contributed by atoms with van der Waals surface area (Å²) in [5.74, 6) is 0.769. The number of nitrogens with two attached hydrogens (primary N) is 1. The number of halogens is 1. The first-order valence-electron chi connectivity index (χ1n) is 6.09. The Morgan fingerprint density at radius 3 is 3.00 bits per heavy atom. The van der Waals surface area contributed by atoms with Crippen LogP contribution in [0.15, 0.2) is 18.2 Å². The van der Waals surface area contributed by atoms with Crippen LogP contribution in [0.3, 0.4) is 0 Å². The van der Waals surface area contributed by atoms with Crippen molar-refractivity contribution in [3.8, 4) is 5.75 Å². The molecule has 0 aromatic heterocycles. The first kappa shape index (κ1) is 12.7. The Labute approximate surface area is 107 Å². The Bertz CT molecular complexity index is 384. The summed E-state index contributed by atoms with van der Waals surface area (Å²) in [6, 6.07) is 5.41. The second-order valence-corrected chi connectivity index (χ2v) is 5.17. The fourth-order valence-corrected chi connectivity index (χ4v) is 2.60. The van der Waals surface area contributed by atoms with E-state index in [-0.39, 0.29) is 5.75 Å². The topological polar surface area (TPSA) is 49.5 Å². The average Bonchev–Trinajstić information content (AvgIpc) is 2.34. The van der Waals surface area contributed by atoms with Crippen LogP contribution in [0.2, 0.25) is 5.02 Å². The standard InChI is InChI=1S/C13H19ClN2O/c14-12-6-10(3-4-13(12)17)8-16-5-1-2-11(7-15)9-16/h3-4,6,11,17H,1-2,5,7-9,15H2. The normalized spacial score (nSPS) is 21.6. The number of hydrogen-bond donors (Lipinski definition) is 2. The summed E-state index contributed by atoms with van der Waals surface area (Å²) in [7, 11) is 0. The number of piperidine rings is 1. The van der Waals surface area contributed by atoms with Gasteiger partial charge in [-0.25, -0.2) is 0 Å². The molecule has 0 amide bonds. The lowest BCUT2D eigenvalue weighted by molar-refractivity contribution is 0.171. The molecule has 1 aromatic rings. The maximum Gasteiger partial charge on any atom is 0.134 e. The molecule has 2 rings (SSSR count). The molecule has 0 saturated carbocycles. The molecule has 1 atom stereocenters. The van der Waals surface area contributed by atoms with E-state index in [1.165, 1.54) is 12.8 Å². The first-order chi connectivity index (χ1) is 8.19. The fraction of sp³-hybridized carbons (Fsp3) is 0.538. The molecule has 4 heteroatoms. The number of hydrogen-bond acceptors (Lipinski definition) is 3. The Morgan fingerprint density at radius 1 is 1.47 bits per heavy atom. The summed E-state index contributed by atoms with van der Waals surface area (Å²) in [6.45, 7) is 3.84. The van der Waals surface area contributed by atoms with Crippen LogP contribution in [-0.4, -0.2) is 29.6 Å². The Balaban J connectivity index is 1.97. The van der Waals surface area contributed by atoms with Crippen LogP contribution in [0, 0.1) is 5.92 Å². The zero-order chi connectivity index (χ0) is 12.3. The second-order valence-electron chi connectivity index (χ2n) is 4.76. The molecule has 1 aliphatic rings. The zero-order valence-electron chi connectivity index (χ0n) is 9.90. The van der Waals surface area contributed by atoms with Crippen LogP contribution in [0.1, 0.15) is 18.4 Å². The van der Waals surface area contributed by atoms with Crippen molar-refractivity contribution in [2.45, 2.75) is 19.4 Å². The van der Waals surface area contributed by atoms with E-state index < -0.39 is 0 Å². The molecule has 94 valence electrons. The zero-order valence-corrected chi connectivity index (χ0v) is 10.7. The minimum Gasteiger partial charge on any atom is -0.506 e. The molecule has 17 heavy (non-hydrogen) atoms. The molecule has 0 bridgehead atoms. The van der Waals surface area contributed by atoms with Gasteiger partial charge < -0.3 is 10.8 Å². The Kier molecular flexibility index (Phi) is 4.26. The van der Waals surface area contributed by atoms with Gasteiger partial charge in [-0.1, -0.05) is 17.7 Å². The minimum absolute atomic E-state index is 0.147. The highest BCUT2D eigenvalue weighted by atomic mass is 35.5. The van der Waals surface area contributed by atoms with Crippen molar-refractivity contribution in [2.24, 2.45) is 11.7 Å². The lowest BCUT2D eigenvalue weighted by Crippen LogP contribution is -2.37. The van der Waals surface area contributed by atoms with Gasteiger partial charge in [-0.15, -0.1) is 0 Å². The van der Waals surface area contributed by atoms with E-state index in [1.807, 2.05) is 12.1 Å². The highest BCUT2D eigenvalue weighted by Gasteiger charge is 2.18. The number of phenols is 1. The molecule has 0 radical (unpaired) electrons. The molecule has 1 heterocycles. The van der Waals surface area contributed by atoms with Crippen molar-refractivity contribution in [1.29, 1.82) is 0 Å². The van der Waals surface area contributed by atoms with Crippen LogP contribution < -0.4 is 5.73 Å². The van der Waals surface area contributed by atoms with Crippen LogP contribution >= 0.6 is 11.6 Å². The summed E-state index contributed by atoms with van der Waals surface area (Å²) in [5.41, 5.74) is 6.87. The monoisotopic (exact) mass is 254 g/mol. The maximum atomic E-state index is 9.37. The number of likely N-dealkylation sites (tertiary alicyclic amines) is 1. The van der Waals surface area contributed by atoms with E-state index in [2.05, 4.69) is 4.90 Å². The van der Waals surface area contributed by atoms with Gasteiger partial charge in [0.05, 0.1) is 5.02 Å². The molecule has 1 aliphatic heterocycles. The third-order valence-electron chi connectivity index (χ3n) is 3.35. The van der Waals surface area contributed by atoms with Gasteiger partial charge in [0.15, 0.2) is 0 Å². The number of phenolic OH excluding ortho intramolecular Hbond substituents is 1. The van der Waals surface area contributed by atoms with Gasteiger partial charge in [0.1, 0.15) is 5.75 Å². The molecule has 0 aliphatic carbocycles. The minimum atomic E-state index is 0.147. The predicted octanol–water partition coefficient (Wildman–Crippen LogP) is 2.22. The van der Waals surface area contributed by atoms with E-state index in [0.717, 1.165) is 31.7 Å². The van der Waals surface area contributed by atoms with Crippen LogP contribution in [0.5, 0.6) is 5.75 Å².